The molecule has 6 heteroatoms. The van der Waals surface area contributed by atoms with Gasteiger partial charge in [-0.05, 0) is 30.5 Å². The zero-order chi connectivity index (χ0) is 18.0. The SMILES string of the molecule is O=C(c1ccncc1)N1CCC2(CC1)CC(=O)N(Cc1ccccc1)O2. The Morgan fingerprint density at radius 2 is 1.77 bits per heavy atom. The van der Waals surface area contributed by atoms with Crippen LogP contribution in [0.15, 0.2) is 54.9 Å². The van der Waals surface area contributed by atoms with Crippen LogP contribution in [0.3, 0.4) is 0 Å². The maximum absolute atomic E-state index is 12.6. The van der Waals surface area contributed by atoms with Crippen LogP contribution in [-0.2, 0) is 16.2 Å². The van der Waals surface area contributed by atoms with E-state index in [0.29, 0.717) is 44.5 Å². The van der Waals surface area contributed by atoms with Gasteiger partial charge in [-0.25, -0.2) is 5.06 Å². The summed E-state index contributed by atoms with van der Waals surface area (Å²) in [6.45, 7) is 1.64. The van der Waals surface area contributed by atoms with Gasteiger partial charge in [-0.15, -0.1) is 0 Å². The molecule has 2 aliphatic rings. The van der Waals surface area contributed by atoms with Crippen LogP contribution in [0.5, 0.6) is 0 Å². The first-order valence-electron chi connectivity index (χ1n) is 8.88. The summed E-state index contributed by atoms with van der Waals surface area (Å²) in [7, 11) is 0. The number of likely N-dealkylation sites (tertiary alicyclic amines) is 1. The van der Waals surface area contributed by atoms with Crippen molar-refractivity contribution >= 4 is 11.8 Å². The highest BCUT2D eigenvalue weighted by Gasteiger charge is 2.47. The summed E-state index contributed by atoms with van der Waals surface area (Å²) in [6.07, 6.45) is 4.97. The molecule has 2 aliphatic heterocycles. The number of nitrogens with zero attached hydrogens (tertiary/aromatic N) is 3. The highest BCUT2D eigenvalue weighted by molar-refractivity contribution is 5.94. The van der Waals surface area contributed by atoms with E-state index in [9.17, 15) is 9.59 Å². The summed E-state index contributed by atoms with van der Waals surface area (Å²) in [4.78, 5) is 36.8. The van der Waals surface area contributed by atoms with Gasteiger partial charge >= 0.3 is 0 Å². The molecule has 2 saturated heterocycles. The lowest BCUT2D eigenvalue weighted by Crippen LogP contribution is -2.47. The molecule has 0 unspecified atom stereocenters. The van der Waals surface area contributed by atoms with Crippen LogP contribution in [0.1, 0.15) is 35.2 Å². The quantitative estimate of drug-likeness (QED) is 0.852. The van der Waals surface area contributed by atoms with Gasteiger partial charge in [-0.1, -0.05) is 30.3 Å². The van der Waals surface area contributed by atoms with Crippen LogP contribution < -0.4 is 0 Å². The molecule has 0 atom stereocenters. The minimum atomic E-state index is -0.471. The molecule has 1 spiro atoms. The molecular weight excluding hydrogens is 330 g/mol. The number of hydrogen-bond donors (Lipinski definition) is 0. The Morgan fingerprint density at radius 3 is 2.46 bits per heavy atom. The molecule has 0 radical (unpaired) electrons. The fraction of sp³-hybridized carbons (Fsp3) is 0.350. The van der Waals surface area contributed by atoms with Crippen molar-refractivity contribution in [3.63, 3.8) is 0 Å². The second-order valence-electron chi connectivity index (χ2n) is 6.90. The van der Waals surface area contributed by atoms with Crippen LogP contribution in [0.25, 0.3) is 0 Å². The van der Waals surface area contributed by atoms with E-state index >= 15 is 0 Å². The largest absolute Gasteiger partial charge is 0.338 e. The van der Waals surface area contributed by atoms with Crippen molar-refractivity contribution in [2.24, 2.45) is 0 Å². The van der Waals surface area contributed by atoms with Crippen molar-refractivity contribution in [3.8, 4) is 0 Å². The lowest BCUT2D eigenvalue weighted by molar-refractivity contribution is -0.213. The second kappa shape index (κ2) is 6.88. The van der Waals surface area contributed by atoms with Crippen molar-refractivity contribution in [1.82, 2.24) is 14.9 Å². The molecule has 26 heavy (non-hydrogen) atoms. The van der Waals surface area contributed by atoms with Crippen LogP contribution in [0.4, 0.5) is 0 Å². The molecule has 0 aliphatic carbocycles. The zero-order valence-corrected chi connectivity index (χ0v) is 14.5. The Hall–Kier alpha value is -2.73. The van der Waals surface area contributed by atoms with Crippen molar-refractivity contribution in [2.75, 3.05) is 13.1 Å². The number of aromatic nitrogens is 1. The molecule has 134 valence electrons. The standard InChI is InChI=1S/C20H21N3O3/c24-18-14-20(26-23(18)15-16-4-2-1-3-5-16)8-12-22(13-9-20)19(25)17-6-10-21-11-7-17/h1-7,10-11H,8-9,12-15H2. The first-order chi connectivity index (χ1) is 12.7. The third-order valence-electron chi connectivity index (χ3n) is 5.11. The molecule has 3 heterocycles. The maximum atomic E-state index is 12.6. The number of hydroxylamine groups is 2. The molecule has 1 aromatic carbocycles. The summed E-state index contributed by atoms with van der Waals surface area (Å²) in [5, 5.41) is 1.48. The van der Waals surface area contributed by atoms with E-state index in [1.54, 1.807) is 24.5 Å². The Labute approximate surface area is 152 Å². The summed E-state index contributed by atoms with van der Waals surface area (Å²) < 4.78 is 0. The molecule has 2 aromatic rings. The molecule has 4 rings (SSSR count). The topological polar surface area (TPSA) is 62.7 Å². The molecule has 1 aromatic heterocycles. The molecule has 0 N–H and O–H groups in total. The number of carbonyl (C=O) groups is 2. The van der Waals surface area contributed by atoms with Crippen molar-refractivity contribution < 1.29 is 14.4 Å². The average molecular weight is 351 g/mol. The summed E-state index contributed by atoms with van der Waals surface area (Å²) in [5.41, 5.74) is 1.22. The minimum Gasteiger partial charge on any atom is -0.338 e. The van der Waals surface area contributed by atoms with Gasteiger partial charge in [0.2, 0.25) is 5.91 Å². The Bertz CT molecular complexity index is 786. The second-order valence-corrected chi connectivity index (χ2v) is 6.90. The fourth-order valence-corrected chi connectivity index (χ4v) is 3.61. The van der Waals surface area contributed by atoms with Gasteiger partial charge in [0.25, 0.3) is 5.91 Å². The van der Waals surface area contributed by atoms with E-state index in [0.717, 1.165) is 5.56 Å². The monoisotopic (exact) mass is 351 g/mol. The van der Waals surface area contributed by atoms with E-state index in [1.807, 2.05) is 35.2 Å². The number of carbonyl (C=O) groups excluding carboxylic acids is 2. The van der Waals surface area contributed by atoms with Gasteiger partial charge in [0.15, 0.2) is 0 Å². The highest BCUT2D eigenvalue weighted by atomic mass is 16.7. The lowest BCUT2D eigenvalue weighted by atomic mass is 9.88. The summed E-state index contributed by atoms with van der Waals surface area (Å²) >= 11 is 0. The van der Waals surface area contributed by atoms with Crippen LogP contribution >= 0.6 is 0 Å². The average Bonchev–Trinajstić information content (AvgIpc) is 2.98. The summed E-state index contributed by atoms with van der Waals surface area (Å²) in [5.74, 6) is 0.0236. The van der Waals surface area contributed by atoms with E-state index < -0.39 is 5.60 Å². The van der Waals surface area contributed by atoms with Crippen molar-refractivity contribution in [1.29, 1.82) is 0 Å². The molecule has 2 fully saturated rings. The van der Waals surface area contributed by atoms with Gasteiger partial charge in [0.05, 0.1) is 13.0 Å². The van der Waals surface area contributed by atoms with Crippen molar-refractivity contribution in [3.05, 3.63) is 66.0 Å². The molecule has 0 bridgehead atoms. The number of rotatable bonds is 3. The van der Waals surface area contributed by atoms with Gasteiger partial charge in [-0.3, -0.25) is 19.4 Å². The number of hydrogen-bond acceptors (Lipinski definition) is 4. The van der Waals surface area contributed by atoms with Crippen LogP contribution in [-0.4, -0.2) is 45.5 Å². The molecular formula is C20H21N3O3. The predicted octanol–water partition coefficient (Wildman–Crippen LogP) is 2.42. The first-order valence-corrected chi connectivity index (χ1v) is 8.88. The predicted molar refractivity (Wildman–Crippen MR) is 94.8 cm³/mol. The fourth-order valence-electron chi connectivity index (χ4n) is 3.61. The van der Waals surface area contributed by atoms with E-state index in [4.69, 9.17) is 4.84 Å². The summed E-state index contributed by atoms with van der Waals surface area (Å²) in [6, 6.07) is 13.3. The van der Waals surface area contributed by atoms with E-state index in [1.165, 1.54) is 5.06 Å². The normalized spacial score (nSPS) is 19.2. The van der Waals surface area contributed by atoms with Gasteiger partial charge in [0.1, 0.15) is 5.60 Å². The van der Waals surface area contributed by atoms with Crippen LogP contribution in [0, 0.1) is 0 Å². The third kappa shape index (κ3) is 3.32. The van der Waals surface area contributed by atoms with E-state index in [2.05, 4.69) is 4.98 Å². The Balaban J connectivity index is 1.38. The minimum absolute atomic E-state index is 0.00714. The third-order valence-corrected chi connectivity index (χ3v) is 5.11. The molecule has 2 amide bonds. The van der Waals surface area contributed by atoms with E-state index in [-0.39, 0.29) is 11.8 Å². The van der Waals surface area contributed by atoms with Gasteiger partial charge in [0, 0.05) is 31.0 Å². The van der Waals surface area contributed by atoms with Crippen molar-refractivity contribution in [2.45, 2.75) is 31.4 Å². The lowest BCUT2D eigenvalue weighted by Gasteiger charge is -2.37. The van der Waals surface area contributed by atoms with Gasteiger partial charge < -0.3 is 4.90 Å². The van der Waals surface area contributed by atoms with Crippen LogP contribution in [0.2, 0.25) is 0 Å². The molecule has 6 nitrogen and oxygen atoms in total. The number of amides is 2. The number of benzene rings is 1. The van der Waals surface area contributed by atoms with Gasteiger partial charge in [-0.2, -0.15) is 0 Å². The first kappa shape index (κ1) is 16.7. The number of pyridine rings is 1. The number of piperidine rings is 1. The molecule has 0 saturated carbocycles. The zero-order valence-electron chi connectivity index (χ0n) is 14.5. The highest BCUT2D eigenvalue weighted by Crippen LogP contribution is 2.37. The Morgan fingerprint density at radius 1 is 1.08 bits per heavy atom. The Kier molecular flexibility index (Phi) is 4.42. The smallest absolute Gasteiger partial charge is 0.253 e. The maximum Gasteiger partial charge on any atom is 0.253 e.